The van der Waals surface area contributed by atoms with Crippen molar-refractivity contribution in [3.05, 3.63) is 71.5 Å². The van der Waals surface area contributed by atoms with Crippen LogP contribution in [0, 0.1) is 0 Å². The van der Waals surface area contributed by atoms with Gasteiger partial charge in [-0.3, -0.25) is 0 Å². The Morgan fingerprint density at radius 2 is 1.69 bits per heavy atom. The maximum Gasteiger partial charge on any atom is 0.163 e. The number of hydrogen-bond acceptors (Lipinski definition) is 4. The molecule has 1 aliphatic rings. The first-order valence-electron chi connectivity index (χ1n) is 9.72. The molecular formula is C23H27ClN2O3. The van der Waals surface area contributed by atoms with Gasteiger partial charge in [0.05, 0.1) is 32.1 Å². The molecule has 0 saturated heterocycles. The fraction of sp³-hybridized carbons (Fsp3) is 0.304. The van der Waals surface area contributed by atoms with Gasteiger partial charge in [-0.1, -0.05) is 12.1 Å². The molecule has 4 rings (SSSR count). The van der Waals surface area contributed by atoms with E-state index >= 15 is 0 Å². The predicted octanol–water partition coefficient (Wildman–Crippen LogP) is 4.90. The molecule has 6 heteroatoms. The predicted molar refractivity (Wildman–Crippen MR) is 117 cm³/mol. The molecule has 1 N–H and O–H groups in total. The molecular weight excluding hydrogens is 388 g/mol. The Morgan fingerprint density at radius 1 is 1.00 bits per heavy atom. The Kier molecular flexibility index (Phi) is 6.72. The van der Waals surface area contributed by atoms with Gasteiger partial charge in [0.2, 0.25) is 0 Å². The summed E-state index contributed by atoms with van der Waals surface area (Å²) in [6.45, 7) is 5.92. The van der Waals surface area contributed by atoms with Crippen LogP contribution in [0.4, 0.5) is 0 Å². The van der Waals surface area contributed by atoms with Crippen LogP contribution in [-0.2, 0) is 6.54 Å². The zero-order valence-electron chi connectivity index (χ0n) is 17.0. The number of benzene rings is 2. The van der Waals surface area contributed by atoms with E-state index in [9.17, 15) is 0 Å². The molecule has 1 aliphatic heterocycles. The lowest BCUT2D eigenvalue weighted by Crippen LogP contribution is -2.21. The highest BCUT2D eigenvalue weighted by molar-refractivity contribution is 5.85. The van der Waals surface area contributed by atoms with Crippen molar-refractivity contribution >= 4 is 12.4 Å². The summed E-state index contributed by atoms with van der Waals surface area (Å²) in [6, 6.07) is 16.7. The summed E-state index contributed by atoms with van der Waals surface area (Å²) in [6.07, 6.45) is 2.10. The fourth-order valence-electron chi connectivity index (χ4n) is 3.74. The number of fused-ring (bicyclic) bond motifs is 3. The van der Waals surface area contributed by atoms with Crippen molar-refractivity contribution in [3.63, 3.8) is 0 Å². The molecule has 29 heavy (non-hydrogen) atoms. The van der Waals surface area contributed by atoms with Gasteiger partial charge < -0.3 is 24.1 Å². The molecule has 2 heterocycles. The summed E-state index contributed by atoms with van der Waals surface area (Å²) in [5.41, 5.74) is 4.69. The molecule has 1 aromatic heterocycles. The van der Waals surface area contributed by atoms with Gasteiger partial charge in [-0.05, 0) is 55.3 Å². The molecule has 0 aliphatic carbocycles. The van der Waals surface area contributed by atoms with Crippen molar-refractivity contribution in [2.45, 2.75) is 26.4 Å². The average molecular weight is 415 g/mol. The van der Waals surface area contributed by atoms with Crippen LogP contribution in [0.3, 0.4) is 0 Å². The van der Waals surface area contributed by atoms with E-state index in [2.05, 4.69) is 52.5 Å². The first-order chi connectivity index (χ1) is 13.7. The van der Waals surface area contributed by atoms with E-state index in [1.807, 2.05) is 26.0 Å². The van der Waals surface area contributed by atoms with Crippen LogP contribution in [0.15, 0.2) is 54.7 Å². The largest absolute Gasteiger partial charge is 0.497 e. The van der Waals surface area contributed by atoms with Gasteiger partial charge in [0.15, 0.2) is 11.5 Å². The summed E-state index contributed by atoms with van der Waals surface area (Å²) in [5, 5.41) is 3.70. The van der Waals surface area contributed by atoms with Crippen LogP contribution in [0.1, 0.15) is 36.7 Å². The molecule has 5 nitrogen and oxygen atoms in total. The number of halogens is 1. The standard InChI is InChI=1S/C23H26N2O3.ClH/c1-4-27-21-13-17-15-24-23(16-8-10-18(26-3)11-9-16)19-7-6-12-25(19)20(17)14-22(21)28-5-2;/h6-14,23-24H,4-5,15H2,1-3H3;1H. The minimum Gasteiger partial charge on any atom is -0.497 e. The molecule has 0 radical (unpaired) electrons. The number of methoxy groups -OCH3 is 1. The van der Waals surface area contributed by atoms with Crippen LogP contribution in [0.2, 0.25) is 0 Å². The number of nitrogens with zero attached hydrogens (tertiary/aromatic N) is 1. The number of nitrogens with one attached hydrogen (secondary N) is 1. The maximum absolute atomic E-state index is 5.85. The molecule has 0 bridgehead atoms. The van der Waals surface area contributed by atoms with Gasteiger partial charge in [-0.2, -0.15) is 0 Å². The minimum atomic E-state index is 0. The average Bonchev–Trinajstić information content (AvgIpc) is 3.14. The quantitative estimate of drug-likeness (QED) is 0.623. The second-order valence-corrected chi connectivity index (χ2v) is 6.68. The van der Waals surface area contributed by atoms with Crippen molar-refractivity contribution in [1.82, 2.24) is 9.88 Å². The van der Waals surface area contributed by atoms with E-state index in [1.165, 1.54) is 16.8 Å². The van der Waals surface area contributed by atoms with E-state index in [-0.39, 0.29) is 18.4 Å². The summed E-state index contributed by atoms with van der Waals surface area (Å²) in [7, 11) is 1.69. The Bertz CT molecular complexity index is 953. The van der Waals surface area contributed by atoms with E-state index in [4.69, 9.17) is 14.2 Å². The topological polar surface area (TPSA) is 44.7 Å². The monoisotopic (exact) mass is 414 g/mol. The van der Waals surface area contributed by atoms with Gasteiger partial charge in [0, 0.05) is 24.5 Å². The molecule has 2 aromatic carbocycles. The molecule has 1 atom stereocenters. The van der Waals surface area contributed by atoms with Crippen LogP contribution in [0.5, 0.6) is 17.2 Å². The smallest absolute Gasteiger partial charge is 0.163 e. The highest BCUT2D eigenvalue weighted by Crippen LogP contribution is 2.37. The van der Waals surface area contributed by atoms with Crippen LogP contribution in [0.25, 0.3) is 5.69 Å². The van der Waals surface area contributed by atoms with Gasteiger partial charge in [0.1, 0.15) is 5.75 Å². The molecule has 1 unspecified atom stereocenters. The molecule has 0 saturated carbocycles. The first kappa shape index (κ1) is 21.1. The molecule has 154 valence electrons. The second-order valence-electron chi connectivity index (χ2n) is 6.68. The third-order valence-corrected chi connectivity index (χ3v) is 5.03. The lowest BCUT2D eigenvalue weighted by molar-refractivity contribution is 0.287. The maximum atomic E-state index is 5.85. The lowest BCUT2D eigenvalue weighted by Gasteiger charge is -2.18. The Balaban J connectivity index is 0.00000240. The van der Waals surface area contributed by atoms with Gasteiger partial charge in [-0.15, -0.1) is 12.4 Å². The molecule has 0 amide bonds. The van der Waals surface area contributed by atoms with Crippen LogP contribution in [-0.4, -0.2) is 24.9 Å². The van der Waals surface area contributed by atoms with Crippen LogP contribution >= 0.6 is 12.4 Å². The summed E-state index contributed by atoms with van der Waals surface area (Å²) >= 11 is 0. The molecule has 0 fully saturated rings. The van der Waals surface area contributed by atoms with Crippen molar-refractivity contribution < 1.29 is 14.2 Å². The number of aromatic nitrogens is 1. The zero-order valence-corrected chi connectivity index (χ0v) is 17.8. The second kappa shape index (κ2) is 9.25. The summed E-state index contributed by atoms with van der Waals surface area (Å²) in [4.78, 5) is 0. The van der Waals surface area contributed by atoms with Gasteiger partial charge >= 0.3 is 0 Å². The van der Waals surface area contributed by atoms with Gasteiger partial charge in [-0.25, -0.2) is 0 Å². The van der Waals surface area contributed by atoms with Crippen LogP contribution < -0.4 is 19.5 Å². The lowest BCUT2D eigenvalue weighted by atomic mass is 10.0. The zero-order chi connectivity index (χ0) is 19.5. The van der Waals surface area contributed by atoms with Crippen molar-refractivity contribution in [2.75, 3.05) is 20.3 Å². The van der Waals surface area contributed by atoms with Crippen molar-refractivity contribution in [2.24, 2.45) is 0 Å². The first-order valence-corrected chi connectivity index (χ1v) is 9.72. The summed E-state index contributed by atoms with van der Waals surface area (Å²) in [5.74, 6) is 2.44. The van der Waals surface area contributed by atoms with Crippen molar-refractivity contribution in [1.29, 1.82) is 0 Å². The van der Waals surface area contributed by atoms with Gasteiger partial charge in [0.25, 0.3) is 0 Å². The fourth-order valence-corrected chi connectivity index (χ4v) is 3.74. The van der Waals surface area contributed by atoms with Crippen molar-refractivity contribution in [3.8, 4) is 22.9 Å². The van der Waals surface area contributed by atoms with E-state index < -0.39 is 0 Å². The highest BCUT2D eigenvalue weighted by atomic mass is 35.5. The van der Waals surface area contributed by atoms with E-state index in [0.717, 1.165) is 29.5 Å². The SMILES string of the molecule is CCOc1cc2c(cc1OCC)-n1cccc1C(c1ccc(OC)cc1)NC2.Cl. The molecule has 3 aromatic rings. The molecule has 0 spiro atoms. The van der Waals surface area contributed by atoms with E-state index in [1.54, 1.807) is 7.11 Å². The Labute approximate surface area is 178 Å². The Morgan fingerprint density at radius 3 is 2.34 bits per heavy atom. The normalized spacial score (nSPS) is 14.8. The third kappa shape index (κ3) is 4.07. The van der Waals surface area contributed by atoms with E-state index in [0.29, 0.717) is 13.2 Å². The highest BCUT2D eigenvalue weighted by Gasteiger charge is 2.24. The minimum absolute atomic E-state index is 0. The number of rotatable bonds is 6. The third-order valence-electron chi connectivity index (χ3n) is 5.03. The number of ether oxygens (including phenoxy) is 3. The number of hydrogen-bond donors (Lipinski definition) is 1. The Hall–Kier alpha value is -2.63. The summed E-state index contributed by atoms with van der Waals surface area (Å²) < 4.78 is 19.2.